The molecule has 0 fully saturated rings. The molecule has 19 heavy (non-hydrogen) atoms. The van der Waals surface area contributed by atoms with Crippen LogP contribution in [0.1, 0.15) is 10.5 Å². The molecule has 0 saturated heterocycles. The molecular formula is C12H6BrCl2FN2O. The maximum Gasteiger partial charge on any atom is 0.274 e. The van der Waals surface area contributed by atoms with Crippen LogP contribution in [0, 0.1) is 5.95 Å². The highest BCUT2D eigenvalue weighted by atomic mass is 79.9. The Morgan fingerprint density at radius 1 is 1.26 bits per heavy atom. The van der Waals surface area contributed by atoms with Crippen LogP contribution >= 0.6 is 39.1 Å². The van der Waals surface area contributed by atoms with E-state index in [1.54, 1.807) is 12.1 Å². The quantitative estimate of drug-likeness (QED) is 0.795. The number of aromatic nitrogens is 1. The summed E-state index contributed by atoms with van der Waals surface area (Å²) in [7, 11) is 0. The molecule has 98 valence electrons. The normalized spacial score (nSPS) is 10.3. The number of pyridine rings is 1. The SMILES string of the molecule is O=C(Nc1c(Cl)cc(Br)cc1Cl)c1cccc(F)n1. The van der Waals surface area contributed by atoms with Crippen LogP contribution in [0.3, 0.4) is 0 Å². The predicted octanol–water partition coefficient (Wildman–Crippen LogP) is 4.54. The number of anilines is 1. The van der Waals surface area contributed by atoms with Crippen LogP contribution in [0.4, 0.5) is 10.1 Å². The average Bonchev–Trinajstić information content (AvgIpc) is 2.33. The fourth-order valence-corrected chi connectivity index (χ4v) is 2.68. The number of hydrogen-bond acceptors (Lipinski definition) is 2. The monoisotopic (exact) mass is 362 g/mol. The van der Waals surface area contributed by atoms with Crippen LogP contribution in [0.15, 0.2) is 34.8 Å². The van der Waals surface area contributed by atoms with Crippen LogP contribution in [0.5, 0.6) is 0 Å². The van der Waals surface area contributed by atoms with Gasteiger partial charge in [0.1, 0.15) is 5.69 Å². The van der Waals surface area contributed by atoms with Gasteiger partial charge >= 0.3 is 0 Å². The summed E-state index contributed by atoms with van der Waals surface area (Å²) in [6.45, 7) is 0. The first-order chi connectivity index (χ1) is 8.97. The number of carbonyl (C=O) groups is 1. The molecule has 0 radical (unpaired) electrons. The lowest BCUT2D eigenvalue weighted by Crippen LogP contribution is -2.14. The third kappa shape index (κ3) is 3.43. The Morgan fingerprint density at radius 3 is 2.47 bits per heavy atom. The van der Waals surface area contributed by atoms with Crippen LogP contribution in [-0.4, -0.2) is 10.9 Å². The van der Waals surface area contributed by atoms with Crippen LogP contribution < -0.4 is 5.32 Å². The Bertz CT molecular complexity index is 628. The van der Waals surface area contributed by atoms with Crippen molar-refractivity contribution in [3.63, 3.8) is 0 Å². The van der Waals surface area contributed by atoms with Gasteiger partial charge in [-0.1, -0.05) is 45.2 Å². The largest absolute Gasteiger partial charge is 0.318 e. The Kier molecular flexibility index (Phi) is 4.39. The lowest BCUT2D eigenvalue weighted by atomic mass is 10.3. The fraction of sp³-hybridized carbons (Fsp3) is 0. The van der Waals surface area contributed by atoms with Gasteiger partial charge in [0.25, 0.3) is 5.91 Å². The van der Waals surface area contributed by atoms with Crippen molar-refractivity contribution < 1.29 is 9.18 Å². The molecule has 0 aliphatic rings. The number of benzene rings is 1. The van der Waals surface area contributed by atoms with Gasteiger partial charge in [-0.3, -0.25) is 4.79 Å². The summed E-state index contributed by atoms with van der Waals surface area (Å²) in [5.41, 5.74) is 0.192. The van der Waals surface area contributed by atoms with Gasteiger partial charge in [0.15, 0.2) is 0 Å². The fourth-order valence-electron chi connectivity index (χ4n) is 1.37. The van der Waals surface area contributed by atoms with Gasteiger partial charge in [-0.15, -0.1) is 0 Å². The molecule has 0 atom stereocenters. The van der Waals surface area contributed by atoms with E-state index >= 15 is 0 Å². The molecule has 1 aromatic carbocycles. The lowest BCUT2D eigenvalue weighted by molar-refractivity contribution is 0.102. The van der Waals surface area contributed by atoms with E-state index in [0.29, 0.717) is 4.47 Å². The topological polar surface area (TPSA) is 42.0 Å². The Hall–Kier alpha value is -1.17. The van der Waals surface area contributed by atoms with E-state index in [1.807, 2.05) is 0 Å². The van der Waals surface area contributed by atoms with Crippen molar-refractivity contribution in [1.82, 2.24) is 4.98 Å². The van der Waals surface area contributed by atoms with Crippen molar-refractivity contribution in [1.29, 1.82) is 0 Å². The van der Waals surface area contributed by atoms with E-state index in [1.165, 1.54) is 12.1 Å². The third-order valence-corrected chi connectivity index (χ3v) is 3.25. The predicted molar refractivity (Wildman–Crippen MR) is 76.3 cm³/mol. The highest BCUT2D eigenvalue weighted by molar-refractivity contribution is 9.10. The van der Waals surface area contributed by atoms with Crippen molar-refractivity contribution >= 4 is 50.7 Å². The Balaban J connectivity index is 2.29. The Labute approximate surface area is 126 Å². The summed E-state index contributed by atoms with van der Waals surface area (Å²) >= 11 is 15.2. The van der Waals surface area contributed by atoms with Gasteiger partial charge in [-0.05, 0) is 24.3 Å². The average molecular weight is 364 g/mol. The van der Waals surface area contributed by atoms with E-state index in [9.17, 15) is 9.18 Å². The molecule has 0 unspecified atom stereocenters. The van der Waals surface area contributed by atoms with Crippen molar-refractivity contribution in [2.75, 3.05) is 5.32 Å². The number of hydrogen-bond donors (Lipinski definition) is 1. The summed E-state index contributed by atoms with van der Waals surface area (Å²) in [4.78, 5) is 15.4. The second-order valence-corrected chi connectivity index (χ2v) is 5.27. The molecule has 0 bridgehead atoms. The maximum atomic E-state index is 12.9. The van der Waals surface area contributed by atoms with E-state index in [2.05, 4.69) is 26.2 Å². The maximum absolute atomic E-state index is 12.9. The summed E-state index contributed by atoms with van der Waals surface area (Å²) < 4.78 is 13.6. The smallest absolute Gasteiger partial charge is 0.274 e. The summed E-state index contributed by atoms with van der Waals surface area (Å²) in [6.07, 6.45) is 0. The zero-order chi connectivity index (χ0) is 14.0. The highest BCUT2D eigenvalue weighted by Crippen LogP contribution is 2.33. The first-order valence-corrected chi connectivity index (χ1v) is 6.60. The molecule has 1 heterocycles. The van der Waals surface area contributed by atoms with Crippen molar-refractivity contribution in [2.24, 2.45) is 0 Å². The molecule has 0 aliphatic heterocycles. The zero-order valence-electron chi connectivity index (χ0n) is 9.25. The van der Waals surface area contributed by atoms with E-state index in [0.717, 1.165) is 6.07 Å². The number of nitrogens with zero attached hydrogens (tertiary/aromatic N) is 1. The summed E-state index contributed by atoms with van der Waals surface area (Å²) in [5, 5.41) is 3.03. The van der Waals surface area contributed by atoms with E-state index in [-0.39, 0.29) is 21.4 Å². The van der Waals surface area contributed by atoms with Gasteiger partial charge in [0, 0.05) is 4.47 Å². The molecule has 1 aromatic heterocycles. The molecule has 1 amide bonds. The molecule has 7 heteroatoms. The summed E-state index contributed by atoms with van der Waals surface area (Å²) in [5.74, 6) is -1.33. The standard InChI is InChI=1S/C12H6BrCl2FN2O/c13-6-4-7(14)11(8(15)5-6)18-12(19)9-2-1-3-10(16)17-9/h1-5H,(H,18,19). The van der Waals surface area contributed by atoms with Crippen LogP contribution in [-0.2, 0) is 0 Å². The summed E-state index contributed by atoms with van der Waals surface area (Å²) in [6, 6.07) is 7.10. The number of nitrogens with one attached hydrogen (secondary N) is 1. The number of amides is 1. The Morgan fingerprint density at radius 2 is 1.89 bits per heavy atom. The second-order valence-electron chi connectivity index (χ2n) is 3.54. The molecule has 1 N–H and O–H groups in total. The minimum absolute atomic E-state index is 0.0601. The molecular weight excluding hydrogens is 358 g/mol. The number of carbonyl (C=O) groups excluding carboxylic acids is 1. The van der Waals surface area contributed by atoms with E-state index < -0.39 is 11.9 Å². The minimum atomic E-state index is -0.736. The molecule has 3 nitrogen and oxygen atoms in total. The van der Waals surface area contributed by atoms with Gasteiger partial charge in [0.2, 0.25) is 5.95 Å². The van der Waals surface area contributed by atoms with Crippen LogP contribution in [0.25, 0.3) is 0 Å². The van der Waals surface area contributed by atoms with Crippen molar-refractivity contribution in [3.05, 3.63) is 56.5 Å². The molecule has 0 aliphatic carbocycles. The molecule has 0 spiro atoms. The van der Waals surface area contributed by atoms with Gasteiger partial charge < -0.3 is 5.32 Å². The zero-order valence-corrected chi connectivity index (χ0v) is 12.4. The highest BCUT2D eigenvalue weighted by Gasteiger charge is 2.14. The van der Waals surface area contributed by atoms with Crippen LogP contribution in [0.2, 0.25) is 10.0 Å². The van der Waals surface area contributed by atoms with Crippen molar-refractivity contribution in [3.8, 4) is 0 Å². The van der Waals surface area contributed by atoms with Gasteiger partial charge in [0.05, 0.1) is 15.7 Å². The van der Waals surface area contributed by atoms with Gasteiger partial charge in [-0.2, -0.15) is 4.39 Å². The molecule has 0 saturated carbocycles. The number of halogens is 4. The van der Waals surface area contributed by atoms with Gasteiger partial charge in [-0.25, -0.2) is 4.98 Å². The lowest BCUT2D eigenvalue weighted by Gasteiger charge is -2.09. The minimum Gasteiger partial charge on any atom is -0.318 e. The first-order valence-electron chi connectivity index (χ1n) is 5.06. The second kappa shape index (κ2) is 5.86. The number of rotatable bonds is 2. The molecule has 2 aromatic rings. The first kappa shape index (κ1) is 14.2. The van der Waals surface area contributed by atoms with E-state index in [4.69, 9.17) is 23.2 Å². The third-order valence-electron chi connectivity index (χ3n) is 2.19. The molecule has 2 rings (SSSR count). The van der Waals surface area contributed by atoms with Crippen molar-refractivity contribution in [2.45, 2.75) is 0 Å².